The number of anilines is 1. The fourth-order valence-electron chi connectivity index (χ4n) is 2.65. The highest BCUT2D eigenvalue weighted by atomic mass is 19.4. The lowest BCUT2D eigenvalue weighted by Gasteiger charge is -2.21. The van der Waals surface area contributed by atoms with Crippen molar-refractivity contribution in [1.82, 2.24) is 0 Å². The van der Waals surface area contributed by atoms with Gasteiger partial charge in [-0.25, -0.2) is 0 Å². The zero-order chi connectivity index (χ0) is 15.5. The van der Waals surface area contributed by atoms with E-state index < -0.39 is 11.7 Å². The fourth-order valence-corrected chi connectivity index (χ4v) is 2.65. The molecule has 1 aliphatic rings. The standard InChI is InChI=1S/C15H19F3N2O/c16-15(17,18)12-6-10(9-19)7-13(8-12)20-14(21)11-4-2-1-3-5-11/h6-8,11H,1-5,9,19H2,(H,20,21). The molecule has 0 radical (unpaired) electrons. The van der Waals surface area contributed by atoms with Gasteiger partial charge in [-0.3, -0.25) is 4.79 Å². The summed E-state index contributed by atoms with van der Waals surface area (Å²) >= 11 is 0. The number of nitrogens with two attached hydrogens (primary N) is 1. The van der Waals surface area contributed by atoms with Gasteiger partial charge in [0, 0.05) is 18.2 Å². The number of halogens is 3. The first-order valence-electron chi connectivity index (χ1n) is 7.12. The second-order valence-corrected chi connectivity index (χ2v) is 5.44. The predicted octanol–water partition coefficient (Wildman–Crippen LogP) is 3.68. The minimum absolute atomic E-state index is 0.00375. The van der Waals surface area contributed by atoms with Gasteiger partial charge in [0.2, 0.25) is 5.91 Å². The number of hydrogen-bond acceptors (Lipinski definition) is 2. The van der Waals surface area contributed by atoms with Crippen molar-refractivity contribution in [3.8, 4) is 0 Å². The van der Waals surface area contributed by atoms with Gasteiger partial charge >= 0.3 is 6.18 Å². The van der Waals surface area contributed by atoms with Gasteiger partial charge in [-0.2, -0.15) is 13.2 Å². The summed E-state index contributed by atoms with van der Waals surface area (Å²) in [6.07, 6.45) is 0.257. The van der Waals surface area contributed by atoms with Gasteiger partial charge in [-0.1, -0.05) is 19.3 Å². The number of rotatable bonds is 3. The van der Waals surface area contributed by atoms with Crippen LogP contribution in [0.4, 0.5) is 18.9 Å². The maximum atomic E-state index is 12.8. The van der Waals surface area contributed by atoms with Crippen molar-refractivity contribution in [2.24, 2.45) is 11.7 Å². The summed E-state index contributed by atoms with van der Waals surface area (Å²) in [4.78, 5) is 12.1. The summed E-state index contributed by atoms with van der Waals surface area (Å²) in [5.41, 5.74) is 5.16. The molecule has 116 valence electrons. The maximum absolute atomic E-state index is 12.8. The number of nitrogens with one attached hydrogen (secondary N) is 1. The monoisotopic (exact) mass is 300 g/mol. The van der Waals surface area contributed by atoms with Crippen LogP contribution in [0, 0.1) is 5.92 Å². The Labute approximate surface area is 121 Å². The lowest BCUT2D eigenvalue weighted by Crippen LogP contribution is -2.25. The van der Waals surface area contributed by atoms with E-state index in [4.69, 9.17) is 5.73 Å². The van der Waals surface area contributed by atoms with E-state index in [2.05, 4.69) is 5.32 Å². The lowest BCUT2D eigenvalue weighted by molar-refractivity contribution is -0.137. The third kappa shape index (κ3) is 4.20. The van der Waals surface area contributed by atoms with Crippen LogP contribution in [0.1, 0.15) is 43.2 Å². The van der Waals surface area contributed by atoms with Gasteiger partial charge < -0.3 is 11.1 Å². The highest BCUT2D eigenvalue weighted by Gasteiger charge is 2.31. The molecule has 0 heterocycles. The van der Waals surface area contributed by atoms with E-state index in [0.717, 1.165) is 44.2 Å². The number of carbonyl (C=O) groups excluding carboxylic acids is 1. The van der Waals surface area contributed by atoms with E-state index in [-0.39, 0.29) is 24.1 Å². The van der Waals surface area contributed by atoms with Crippen molar-refractivity contribution in [2.45, 2.75) is 44.8 Å². The maximum Gasteiger partial charge on any atom is 0.416 e. The average molecular weight is 300 g/mol. The molecule has 1 amide bonds. The third-order valence-corrected chi connectivity index (χ3v) is 3.80. The predicted molar refractivity (Wildman–Crippen MR) is 74.5 cm³/mol. The number of hydrogen-bond donors (Lipinski definition) is 2. The van der Waals surface area contributed by atoms with Crippen molar-refractivity contribution >= 4 is 11.6 Å². The highest BCUT2D eigenvalue weighted by molar-refractivity contribution is 5.92. The second kappa shape index (κ2) is 6.47. The van der Waals surface area contributed by atoms with E-state index in [0.29, 0.717) is 5.56 Å². The normalized spacial score (nSPS) is 16.8. The van der Waals surface area contributed by atoms with Crippen LogP contribution >= 0.6 is 0 Å². The molecule has 0 spiro atoms. The molecule has 1 aromatic carbocycles. The molecule has 0 saturated heterocycles. The molecule has 1 fully saturated rings. The van der Waals surface area contributed by atoms with E-state index in [1.54, 1.807) is 0 Å². The molecule has 6 heteroatoms. The number of alkyl halides is 3. The molecule has 1 aromatic rings. The minimum Gasteiger partial charge on any atom is -0.326 e. The van der Waals surface area contributed by atoms with Crippen LogP contribution in [0.25, 0.3) is 0 Å². The van der Waals surface area contributed by atoms with Crippen LogP contribution in [-0.4, -0.2) is 5.91 Å². The number of benzene rings is 1. The van der Waals surface area contributed by atoms with Gasteiger partial charge in [0.15, 0.2) is 0 Å². The van der Waals surface area contributed by atoms with E-state index in [9.17, 15) is 18.0 Å². The molecule has 0 bridgehead atoms. The average Bonchev–Trinajstić information content (AvgIpc) is 2.46. The van der Waals surface area contributed by atoms with Crippen LogP contribution in [-0.2, 0) is 17.5 Å². The van der Waals surface area contributed by atoms with Crippen LogP contribution in [0.5, 0.6) is 0 Å². The molecule has 3 N–H and O–H groups in total. The van der Waals surface area contributed by atoms with Crippen molar-refractivity contribution in [1.29, 1.82) is 0 Å². The Morgan fingerprint density at radius 3 is 2.43 bits per heavy atom. The zero-order valence-corrected chi connectivity index (χ0v) is 11.7. The summed E-state index contributed by atoms with van der Waals surface area (Å²) in [5.74, 6) is -0.299. The Balaban J connectivity index is 2.16. The summed E-state index contributed by atoms with van der Waals surface area (Å²) in [6.45, 7) is -0.00375. The van der Waals surface area contributed by atoms with Crippen molar-refractivity contribution < 1.29 is 18.0 Å². The number of amides is 1. The van der Waals surface area contributed by atoms with Crippen molar-refractivity contribution in [3.63, 3.8) is 0 Å². The van der Waals surface area contributed by atoms with Crippen LogP contribution in [0.2, 0.25) is 0 Å². The largest absolute Gasteiger partial charge is 0.416 e. The first kappa shape index (κ1) is 15.8. The zero-order valence-electron chi connectivity index (χ0n) is 11.7. The third-order valence-electron chi connectivity index (χ3n) is 3.80. The minimum atomic E-state index is -4.45. The topological polar surface area (TPSA) is 55.1 Å². The van der Waals surface area contributed by atoms with E-state index in [1.807, 2.05) is 0 Å². The van der Waals surface area contributed by atoms with Crippen molar-refractivity contribution in [2.75, 3.05) is 5.32 Å². The molecule has 2 rings (SSSR count). The molecule has 1 aliphatic carbocycles. The lowest BCUT2D eigenvalue weighted by atomic mass is 9.88. The highest BCUT2D eigenvalue weighted by Crippen LogP contribution is 2.32. The Morgan fingerprint density at radius 1 is 1.19 bits per heavy atom. The summed E-state index contributed by atoms with van der Waals surface area (Å²) in [6, 6.07) is 3.46. The van der Waals surface area contributed by atoms with Gasteiger partial charge in [0.05, 0.1) is 5.56 Å². The Hall–Kier alpha value is -1.56. The molecular formula is C15H19F3N2O. The van der Waals surface area contributed by atoms with Crippen LogP contribution in [0.15, 0.2) is 18.2 Å². The Bertz CT molecular complexity index is 508. The second-order valence-electron chi connectivity index (χ2n) is 5.44. The van der Waals surface area contributed by atoms with Gasteiger partial charge in [-0.15, -0.1) is 0 Å². The Kier molecular flexibility index (Phi) is 4.88. The van der Waals surface area contributed by atoms with Gasteiger partial charge in [-0.05, 0) is 36.6 Å². The molecule has 0 unspecified atom stereocenters. The first-order chi connectivity index (χ1) is 9.90. The molecule has 1 saturated carbocycles. The molecular weight excluding hydrogens is 281 g/mol. The van der Waals surface area contributed by atoms with E-state index >= 15 is 0 Å². The quantitative estimate of drug-likeness (QED) is 0.894. The smallest absolute Gasteiger partial charge is 0.326 e. The van der Waals surface area contributed by atoms with Crippen molar-refractivity contribution in [3.05, 3.63) is 29.3 Å². The molecule has 0 atom stereocenters. The van der Waals surface area contributed by atoms with Crippen LogP contribution < -0.4 is 11.1 Å². The molecule has 0 aromatic heterocycles. The Morgan fingerprint density at radius 2 is 1.86 bits per heavy atom. The van der Waals surface area contributed by atoms with Gasteiger partial charge in [0.1, 0.15) is 0 Å². The molecule has 21 heavy (non-hydrogen) atoms. The molecule has 0 aliphatic heterocycles. The fraction of sp³-hybridized carbons (Fsp3) is 0.533. The van der Waals surface area contributed by atoms with E-state index in [1.165, 1.54) is 6.07 Å². The molecule has 3 nitrogen and oxygen atoms in total. The van der Waals surface area contributed by atoms with Gasteiger partial charge in [0.25, 0.3) is 0 Å². The number of carbonyl (C=O) groups is 1. The SMILES string of the molecule is NCc1cc(NC(=O)C2CCCCC2)cc(C(F)(F)F)c1. The summed E-state index contributed by atoms with van der Waals surface area (Å²) in [5, 5.41) is 2.60. The first-order valence-corrected chi connectivity index (χ1v) is 7.12. The summed E-state index contributed by atoms with van der Waals surface area (Å²) in [7, 11) is 0. The summed E-state index contributed by atoms with van der Waals surface area (Å²) < 4.78 is 38.5. The van der Waals surface area contributed by atoms with Crippen LogP contribution in [0.3, 0.4) is 0 Å².